The second kappa shape index (κ2) is 6.99. The minimum absolute atomic E-state index is 0.248. The first-order chi connectivity index (χ1) is 11.6. The molecule has 5 heteroatoms. The summed E-state index contributed by atoms with van der Waals surface area (Å²) in [7, 11) is 0. The maximum Gasteiger partial charge on any atom is 0.261 e. The van der Waals surface area contributed by atoms with E-state index in [1.165, 1.54) is 25.7 Å². The lowest BCUT2D eigenvalue weighted by Crippen LogP contribution is -2.20. The van der Waals surface area contributed by atoms with Crippen molar-refractivity contribution in [2.75, 3.05) is 5.32 Å². The number of aromatic nitrogens is 2. The molecule has 0 amide bonds. The van der Waals surface area contributed by atoms with E-state index in [2.05, 4.69) is 15.3 Å². The molecule has 5 nitrogen and oxygen atoms in total. The predicted octanol–water partition coefficient (Wildman–Crippen LogP) is 3.86. The smallest absolute Gasteiger partial charge is 0.261 e. The maximum atomic E-state index is 12.3. The lowest BCUT2D eigenvalue weighted by Gasteiger charge is -2.15. The number of para-hydroxylation sites is 1. The monoisotopic (exact) mass is 324 g/mol. The van der Waals surface area contributed by atoms with Gasteiger partial charge in [0.15, 0.2) is 0 Å². The van der Waals surface area contributed by atoms with Crippen LogP contribution in [0, 0.1) is 25.2 Å². The molecule has 0 unspecified atom stereocenters. The Bertz CT molecular complexity index is 783. The van der Waals surface area contributed by atoms with Gasteiger partial charge < -0.3 is 15.7 Å². The van der Waals surface area contributed by atoms with Gasteiger partial charge >= 0.3 is 0 Å². The third kappa shape index (κ3) is 3.40. The number of nitrogens with zero attached hydrogens (tertiary/aromatic N) is 1. The van der Waals surface area contributed by atoms with Gasteiger partial charge in [-0.1, -0.05) is 43.9 Å². The summed E-state index contributed by atoms with van der Waals surface area (Å²) < 4.78 is 0. The first-order valence-electron chi connectivity index (χ1n) is 8.55. The van der Waals surface area contributed by atoms with Crippen LogP contribution in [0.3, 0.4) is 0 Å². The van der Waals surface area contributed by atoms with E-state index >= 15 is 0 Å². The Labute approximate surface area is 142 Å². The van der Waals surface area contributed by atoms with E-state index in [0.717, 1.165) is 29.4 Å². The van der Waals surface area contributed by atoms with Crippen LogP contribution >= 0.6 is 0 Å². The highest BCUT2D eigenvalue weighted by Crippen LogP contribution is 2.28. The zero-order chi connectivity index (χ0) is 17.1. The van der Waals surface area contributed by atoms with Crippen molar-refractivity contribution in [3.05, 3.63) is 51.1 Å². The lowest BCUT2D eigenvalue weighted by atomic mass is 10.0. The molecular weight excluding hydrogens is 300 g/mol. The maximum absolute atomic E-state index is 12.3. The van der Waals surface area contributed by atoms with Gasteiger partial charge in [0.1, 0.15) is 11.6 Å². The third-order valence-electron chi connectivity index (χ3n) is 4.83. The second-order valence-electron chi connectivity index (χ2n) is 6.67. The van der Waals surface area contributed by atoms with E-state index in [0.29, 0.717) is 17.6 Å². The summed E-state index contributed by atoms with van der Waals surface area (Å²) in [5.74, 6) is 1.79. The average molecular weight is 324 g/mol. The highest BCUT2D eigenvalue weighted by atomic mass is 16.1. The first-order valence-corrected chi connectivity index (χ1v) is 8.55. The number of anilines is 2. The van der Waals surface area contributed by atoms with Gasteiger partial charge in [-0.05, 0) is 30.9 Å². The minimum Gasteiger partial charge on any atom is -0.339 e. The number of aromatic amines is 1. The molecule has 0 spiro atoms. The molecule has 1 aromatic carbocycles. The van der Waals surface area contributed by atoms with Crippen LogP contribution in [0.4, 0.5) is 11.5 Å². The molecule has 1 saturated carbocycles. The standard InChI is InChI=1S/C19H24N4O/c1-12-6-5-7-13(2)17(12)23-18-15(11-20)19(24)22-16(21-18)10-14-8-3-4-9-14/h5-7,11,14,20H,3-4,8-10H2,1-2H3,(H2,21,22,23,24). The van der Waals surface area contributed by atoms with E-state index in [4.69, 9.17) is 5.41 Å². The molecule has 0 bridgehead atoms. The molecule has 1 aliphatic rings. The highest BCUT2D eigenvalue weighted by molar-refractivity contribution is 5.85. The van der Waals surface area contributed by atoms with E-state index in [9.17, 15) is 4.79 Å². The van der Waals surface area contributed by atoms with Crippen LogP contribution in [-0.2, 0) is 6.42 Å². The first kappa shape index (κ1) is 16.4. The lowest BCUT2D eigenvalue weighted by molar-refractivity contribution is 0.529. The Morgan fingerprint density at radius 2 is 1.96 bits per heavy atom. The van der Waals surface area contributed by atoms with Crippen molar-refractivity contribution in [3.63, 3.8) is 0 Å². The fourth-order valence-electron chi connectivity index (χ4n) is 3.47. The average Bonchev–Trinajstić information content (AvgIpc) is 3.04. The zero-order valence-corrected chi connectivity index (χ0v) is 14.3. The van der Waals surface area contributed by atoms with Gasteiger partial charge in [0.05, 0.1) is 5.56 Å². The van der Waals surface area contributed by atoms with Crippen LogP contribution in [0.15, 0.2) is 23.0 Å². The molecule has 0 saturated heterocycles. The summed E-state index contributed by atoms with van der Waals surface area (Å²) in [5, 5.41) is 10.9. The Kier molecular flexibility index (Phi) is 4.79. The van der Waals surface area contributed by atoms with Crippen LogP contribution in [0.5, 0.6) is 0 Å². The second-order valence-corrected chi connectivity index (χ2v) is 6.67. The number of H-pyrrole nitrogens is 1. The van der Waals surface area contributed by atoms with Gasteiger partial charge in [-0.3, -0.25) is 4.79 Å². The molecule has 1 aliphatic carbocycles. The van der Waals surface area contributed by atoms with Crippen LogP contribution in [0.1, 0.15) is 48.2 Å². The molecule has 3 rings (SSSR count). The summed E-state index contributed by atoms with van der Waals surface area (Å²) in [4.78, 5) is 19.8. The van der Waals surface area contributed by atoms with Crippen molar-refractivity contribution in [1.29, 1.82) is 5.41 Å². The van der Waals surface area contributed by atoms with E-state index < -0.39 is 0 Å². The fraction of sp³-hybridized carbons (Fsp3) is 0.421. The molecule has 0 radical (unpaired) electrons. The van der Waals surface area contributed by atoms with Crippen molar-refractivity contribution in [3.8, 4) is 0 Å². The topological polar surface area (TPSA) is 81.6 Å². The van der Waals surface area contributed by atoms with Gasteiger partial charge in [-0.25, -0.2) is 4.98 Å². The van der Waals surface area contributed by atoms with Gasteiger partial charge in [0, 0.05) is 18.3 Å². The van der Waals surface area contributed by atoms with Crippen molar-refractivity contribution in [1.82, 2.24) is 9.97 Å². The van der Waals surface area contributed by atoms with Crippen molar-refractivity contribution < 1.29 is 0 Å². The van der Waals surface area contributed by atoms with E-state index in [-0.39, 0.29) is 11.1 Å². The van der Waals surface area contributed by atoms with E-state index in [1.807, 2.05) is 32.0 Å². The van der Waals surface area contributed by atoms with Crippen LogP contribution in [0.25, 0.3) is 0 Å². The summed E-state index contributed by atoms with van der Waals surface area (Å²) in [6.45, 7) is 4.04. The normalized spacial score (nSPS) is 14.8. The molecule has 1 heterocycles. The number of nitrogens with one attached hydrogen (secondary N) is 3. The van der Waals surface area contributed by atoms with Gasteiger partial charge in [0.2, 0.25) is 0 Å². The van der Waals surface area contributed by atoms with Crippen LogP contribution in [0.2, 0.25) is 0 Å². The van der Waals surface area contributed by atoms with Gasteiger partial charge in [-0.2, -0.15) is 0 Å². The Hall–Kier alpha value is -2.43. The van der Waals surface area contributed by atoms with Crippen LogP contribution in [-0.4, -0.2) is 16.2 Å². The Morgan fingerprint density at radius 1 is 1.29 bits per heavy atom. The highest BCUT2D eigenvalue weighted by Gasteiger charge is 2.18. The molecule has 3 N–H and O–H groups in total. The van der Waals surface area contributed by atoms with Crippen molar-refractivity contribution >= 4 is 17.7 Å². The summed E-state index contributed by atoms with van der Waals surface area (Å²) in [5.41, 5.74) is 3.15. The molecule has 0 atom stereocenters. The number of benzene rings is 1. The molecule has 126 valence electrons. The number of hydrogen-bond donors (Lipinski definition) is 3. The molecule has 24 heavy (non-hydrogen) atoms. The Morgan fingerprint density at radius 3 is 2.58 bits per heavy atom. The van der Waals surface area contributed by atoms with Gasteiger partial charge in [0.25, 0.3) is 5.56 Å². The van der Waals surface area contributed by atoms with Crippen LogP contribution < -0.4 is 10.9 Å². The third-order valence-corrected chi connectivity index (χ3v) is 4.83. The number of aryl methyl sites for hydroxylation is 2. The van der Waals surface area contributed by atoms with E-state index in [1.54, 1.807) is 0 Å². The zero-order valence-electron chi connectivity index (χ0n) is 14.3. The molecule has 1 aromatic heterocycles. The summed E-state index contributed by atoms with van der Waals surface area (Å²) in [6.07, 6.45) is 6.81. The number of rotatable bonds is 5. The minimum atomic E-state index is -0.248. The van der Waals surface area contributed by atoms with Crippen molar-refractivity contribution in [2.45, 2.75) is 46.0 Å². The summed E-state index contributed by atoms with van der Waals surface area (Å²) >= 11 is 0. The molecule has 1 fully saturated rings. The summed E-state index contributed by atoms with van der Waals surface area (Å²) in [6, 6.07) is 6.04. The quantitative estimate of drug-likeness (QED) is 0.730. The van der Waals surface area contributed by atoms with Gasteiger partial charge in [-0.15, -0.1) is 0 Å². The fourth-order valence-corrected chi connectivity index (χ4v) is 3.47. The van der Waals surface area contributed by atoms with Crippen molar-refractivity contribution in [2.24, 2.45) is 5.92 Å². The molecule has 2 aromatic rings. The Balaban J connectivity index is 1.97. The molecule has 0 aliphatic heterocycles. The molecular formula is C19H24N4O. The predicted molar refractivity (Wildman–Crippen MR) is 97.6 cm³/mol. The number of hydrogen-bond acceptors (Lipinski definition) is 4. The largest absolute Gasteiger partial charge is 0.339 e. The SMILES string of the molecule is Cc1cccc(C)c1Nc1nc(CC2CCCC2)[nH]c(=O)c1C=N.